The van der Waals surface area contributed by atoms with Gasteiger partial charge in [0.15, 0.2) is 34.5 Å². The van der Waals surface area contributed by atoms with E-state index in [-0.39, 0.29) is 23.9 Å². The Morgan fingerprint density at radius 2 is 1.31 bits per heavy atom. The Balaban J connectivity index is 0.00000242. The van der Waals surface area contributed by atoms with Crippen molar-refractivity contribution in [2.45, 2.75) is 18.9 Å². The van der Waals surface area contributed by atoms with E-state index in [1.807, 2.05) is 30.3 Å². The standard InChI is InChI=1S/C30H34N4O6.ClH.H2O/c1-35-23-8-7-17(12-24(23)36-2)11-22-19-14-26(38-4)25(37-3)13-18(19)9-10-34(22)30-32-21-16-28(40-6)27(39-5)15-20(21)29(31)33-30;;/h7-8,12-16,22H,9-11H2,1-6H3,(H2,31,32,33);1H;1H2. The van der Waals surface area contributed by atoms with Crippen LogP contribution in [0.25, 0.3) is 10.9 Å². The van der Waals surface area contributed by atoms with E-state index in [2.05, 4.69) is 11.0 Å². The minimum absolute atomic E-state index is 0. The smallest absolute Gasteiger partial charge is 0.228 e. The van der Waals surface area contributed by atoms with E-state index in [4.69, 9.17) is 44.1 Å². The van der Waals surface area contributed by atoms with Gasteiger partial charge < -0.3 is 44.5 Å². The molecule has 4 N–H and O–H groups in total. The van der Waals surface area contributed by atoms with Gasteiger partial charge in [0.2, 0.25) is 5.95 Å². The number of hydrogen-bond donors (Lipinski definition) is 1. The first-order valence-corrected chi connectivity index (χ1v) is 12.9. The Bertz CT molecular complexity index is 1550. The van der Waals surface area contributed by atoms with Gasteiger partial charge in [-0.2, -0.15) is 4.98 Å². The summed E-state index contributed by atoms with van der Waals surface area (Å²) >= 11 is 0. The summed E-state index contributed by atoms with van der Waals surface area (Å²) in [4.78, 5) is 11.9. The lowest BCUT2D eigenvalue weighted by atomic mass is 9.88. The molecular weight excluding hydrogens is 564 g/mol. The normalized spacial score (nSPS) is 13.8. The third-order valence-corrected chi connectivity index (χ3v) is 7.36. The number of aromatic nitrogens is 2. The molecule has 1 aliphatic rings. The molecule has 1 aliphatic heterocycles. The monoisotopic (exact) mass is 600 g/mol. The van der Waals surface area contributed by atoms with Crippen LogP contribution in [0.2, 0.25) is 0 Å². The molecular formula is C30H37ClN4O7. The number of anilines is 2. The molecule has 3 aromatic carbocycles. The molecule has 0 amide bonds. The van der Waals surface area contributed by atoms with Crippen molar-refractivity contribution in [2.75, 3.05) is 59.8 Å². The zero-order valence-corrected chi connectivity index (χ0v) is 25.3. The summed E-state index contributed by atoms with van der Waals surface area (Å²) < 4.78 is 33.3. The number of nitrogens with zero attached hydrogens (tertiary/aromatic N) is 3. The van der Waals surface area contributed by atoms with E-state index in [9.17, 15) is 0 Å². The van der Waals surface area contributed by atoms with Gasteiger partial charge in [-0.25, -0.2) is 4.98 Å². The van der Waals surface area contributed by atoms with Crippen molar-refractivity contribution in [3.05, 3.63) is 59.2 Å². The molecule has 0 radical (unpaired) electrons. The molecule has 226 valence electrons. The van der Waals surface area contributed by atoms with Crippen molar-refractivity contribution >= 4 is 35.1 Å². The molecule has 4 aromatic rings. The Kier molecular flexibility index (Phi) is 10.4. The molecule has 12 heteroatoms. The average molecular weight is 601 g/mol. The second-order valence-electron chi connectivity index (χ2n) is 9.39. The number of benzene rings is 3. The van der Waals surface area contributed by atoms with Gasteiger partial charge in [-0.15, -0.1) is 12.4 Å². The maximum atomic E-state index is 6.48. The van der Waals surface area contributed by atoms with Gasteiger partial charge in [0.1, 0.15) is 5.82 Å². The summed E-state index contributed by atoms with van der Waals surface area (Å²) in [5.41, 5.74) is 10.5. The van der Waals surface area contributed by atoms with E-state index in [0.29, 0.717) is 70.1 Å². The highest BCUT2D eigenvalue weighted by Gasteiger charge is 2.32. The second-order valence-corrected chi connectivity index (χ2v) is 9.39. The highest BCUT2D eigenvalue weighted by molar-refractivity contribution is 5.91. The van der Waals surface area contributed by atoms with Crippen molar-refractivity contribution in [1.29, 1.82) is 0 Å². The van der Waals surface area contributed by atoms with Crippen molar-refractivity contribution in [3.63, 3.8) is 0 Å². The summed E-state index contributed by atoms with van der Waals surface area (Å²) in [5, 5.41) is 0.696. The fourth-order valence-electron chi connectivity index (χ4n) is 5.31. The number of fused-ring (bicyclic) bond motifs is 2. The largest absolute Gasteiger partial charge is 0.493 e. The molecule has 11 nitrogen and oxygen atoms in total. The lowest BCUT2D eigenvalue weighted by molar-refractivity contribution is 0.352. The van der Waals surface area contributed by atoms with Gasteiger partial charge in [-0.3, -0.25) is 0 Å². The number of ether oxygens (including phenoxy) is 6. The van der Waals surface area contributed by atoms with Crippen molar-refractivity contribution in [1.82, 2.24) is 9.97 Å². The first-order valence-electron chi connectivity index (χ1n) is 12.9. The second kappa shape index (κ2) is 13.5. The van der Waals surface area contributed by atoms with Crippen LogP contribution in [0.4, 0.5) is 11.8 Å². The van der Waals surface area contributed by atoms with Crippen LogP contribution in [0.5, 0.6) is 34.5 Å². The number of nitrogens with two attached hydrogens (primary N) is 1. The minimum atomic E-state index is -0.126. The fourth-order valence-corrected chi connectivity index (χ4v) is 5.31. The number of rotatable bonds is 9. The molecule has 1 unspecified atom stereocenters. The van der Waals surface area contributed by atoms with E-state index in [1.54, 1.807) is 48.7 Å². The van der Waals surface area contributed by atoms with Crippen LogP contribution in [0.15, 0.2) is 42.5 Å². The zero-order chi connectivity index (χ0) is 28.4. The molecule has 0 aliphatic carbocycles. The Morgan fingerprint density at radius 3 is 1.95 bits per heavy atom. The zero-order valence-electron chi connectivity index (χ0n) is 24.5. The van der Waals surface area contributed by atoms with Gasteiger partial charge in [-0.1, -0.05) is 6.07 Å². The van der Waals surface area contributed by atoms with Crippen molar-refractivity contribution < 1.29 is 33.9 Å². The SMILES string of the molecule is COc1ccc(CC2c3cc(OC)c(OC)cc3CCN2c2nc(N)c3cc(OC)c(OC)cc3n2)cc1OC.Cl.O. The van der Waals surface area contributed by atoms with Crippen LogP contribution in [-0.4, -0.2) is 64.6 Å². The maximum Gasteiger partial charge on any atom is 0.228 e. The third-order valence-electron chi connectivity index (χ3n) is 7.36. The quantitative estimate of drug-likeness (QED) is 0.297. The van der Waals surface area contributed by atoms with E-state index in [1.165, 1.54) is 5.56 Å². The van der Waals surface area contributed by atoms with Crippen LogP contribution in [0.3, 0.4) is 0 Å². The highest BCUT2D eigenvalue weighted by atomic mass is 35.5. The summed E-state index contributed by atoms with van der Waals surface area (Å²) in [7, 11) is 9.73. The molecule has 0 spiro atoms. The average Bonchev–Trinajstić information content (AvgIpc) is 2.99. The highest BCUT2D eigenvalue weighted by Crippen LogP contribution is 2.42. The third kappa shape index (κ3) is 5.83. The Hall–Kier alpha value is -4.35. The van der Waals surface area contributed by atoms with Crippen LogP contribution >= 0.6 is 12.4 Å². The molecule has 1 atom stereocenters. The van der Waals surface area contributed by atoms with Gasteiger partial charge in [0, 0.05) is 18.0 Å². The van der Waals surface area contributed by atoms with E-state index in [0.717, 1.165) is 17.5 Å². The molecule has 0 saturated carbocycles. The van der Waals surface area contributed by atoms with Crippen LogP contribution in [0.1, 0.15) is 22.7 Å². The molecule has 0 saturated heterocycles. The van der Waals surface area contributed by atoms with Crippen LogP contribution in [0, 0.1) is 0 Å². The Morgan fingerprint density at radius 1 is 0.738 bits per heavy atom. The molecule has 2 heterocycles. The summed E-state index contributed by atoms with van der Waals surface area (Å²) in [6.07, 6.45) is 1.42. The number of nitrogen functional groups attached to an aromatic ring is 1. The van der Waals surface area contributed by atoms with Crippen molar-refractivity contribution in [3.8, 4) is 34.5 Å². The predicted octanol–water partition coefficient (Wildman–Crippen LogP) is 4.21. The van der Waals surface area contributed by atoms with Gasteiger partial charge in [0.25, 0.3) is 0 Å². The van der Waals surface area contributed by atoms with Gasteiger partial charge >= 0.3 is 0 Å². The van der Waals surface area contributed by atoms with Crippen LogP contribution in [-0.2, 0) is 12.8 Å². The van der Waals surface area contributed by atoms with Gasteiger partial charge in [0.05, 0.1) is 54.2 Å². The van der Waals surface area contributed by atoms with E-state index >= 15 is 0 Å². The lowest BCUT2D eigenvalue weighted by Gasteiger charge is -2.38. The van der Waals surface area contributed by atoms with Crippen LogP contribution < -0.4 is 39.1 Å². The first-order chi connectivity index (χ1) is 19.4. The first kappa shape index (κ1) is 32.2. The molecule has 0 bridgehead atoms. The van der Waals surface area contributed by atoms with E-state index < -0.39 is 0 Å². The summed E-state index contributed by atoms with van der Waals surface area (Å²) in [6, 6.07) is 13.6. The maximum absolute atomic E-state index is 6.48. The number of hydrogen-bond acceptors (Lipinski definition) is 10. The lowest BCUT2D eigenvalue weighted by Crippen LogP contribution is -2.38. The molecule has 1 aromatic heterocycles. The molecule has 0 fully saturated rings. The number of halogens is 1. The van der Waals surface area contributed by atoms with Crippen molar-refractivity contribution in [2.24, 2.45) is 0 Å². The minimum Gasteiger partial charge on any atom is -0.493 e. The van der Waals surface area contributed by atoms with Gasteiger partial charge in [-0.05, 0) is 59.9 Å². The molecule has 42 heavy (non-hydrogen) atoms. The Labute approximate surface area is 251 Å². The predicted molar refractivity (Wildman–Crippen MR) is 165 cm³/mol. The number of methoxy groups -OCH3 is 6. The topological polar surface area (TPSA) is 142 Å². The fraction of sp³-hybridized carbons (Fsp3) is 0.333. The summed E-state index contributed by atoms with van der Waals surface area (Å²) in [5.74, 6) is 4.74. The summed E-state index contributed by atoms with van der Waals surface area (Å²) in [6.45, 7) is 0.679. The molecule has 5 rings (SSSR count).